The van der Waals surface area contributed by atoms with Crippen LogP contribution in [0.15, 0.2) is 42.6 Å². The van der Waals surface area contributed by atoms with Crippen molar-refractivity contribution in [3.63, 3.8) is 0 Å². The number of aromatic nitrogens is 1. The Morgan fingerprint density at radius 1 is 1.35 bits per heavy atom. The maximum absolute atomic E-state index is 13.0. The first-order valence-corrected chi connectivity index (χ1v) is 6.89. The first-order chi connectivity index (χ1) is 11.0. The van der Waals surface area contributed by atoms with Crippen molar-refractivity contribution >= 4 is 11.8 Å². The predicted molar refractivity (Wildman–Crippen MR) is 81.1 cm³/mol. The predicted octanol–water partition coefficient (Wildman–Crippen LogP) is 1.40. The van der Waals surface area contributed by atoms with Gasteiger partial charge in [-0.25, -0.2) is 9.37 Å². The number of nitrogens with one attached hydrogen (secondary N) is 1. The average Bonchev–Trinajstić information content (AvgIpc) is 2.53. The minimum Gasteiger partial charge on any atom is -0.473 e. The number of hydrogen-bond acceptors (Lipinski definition) is 4. The fourth-order valence-electron chi connectivity index (χ4n) is 1.74. The highest BCUT2D eigenvalue weighted by atomic mass is 19.1. The summed E-state index contributed by atoms with van der Waals surface area (Å²) in [6.07, 6.45) is 1.32. The second-order valence-corrected chi connectivity index (χ2v) is 4.90. The Bertz CT molecular complexity index is 704. The van der Waals surface area contributed by atoms with Crippen LogP contribution in [0.1, 0.15) is 22.8 Å². The van der Waals surface area contributed by atoms with Crippen molar-refractivity contribution in [3.05, 3.63) is 59.5 Å². The highest BCUT2D eigenvalue weighted by Crippen LogP contribution is 2.11. The first kappa shape index (κ1) is 16.4. The number of carbonyl (C=O) groups excluding carboxylic acids is 2. The molecule has 1 aromatic heterocycles. The summed E-state index contributed by atoms with van der Waals surface area (Å²) in [6.45, 7) is 1.65. The number of halogens is 1. The molecule has 0 saturated carbocycles. The van der Waals surface area contributed by atoms with Crippen molar-refractivity contribution in [2.24, 2.45) is 5.73 Å². The summed E-state index contributed by atoms with van der Waals surface area (Å²) in [5, 5.41) is 2.44. The molecule has 1 unspecified atom stereocenters. The molecule has 0 fully saturated rings. The summed E-state index contributed by atoms with van der Waals surface area (Å²) < 4.78 is 18.5. The van der Waals surface area contributed by atoms with E-state index in [1.165, 1.54) is 37.4 Å². The summed E-state index contributed by atoms with van der Waals surface area (Å²) >= 11 is 0. The Morgan fingerprint density at radius 2 is 2.13 bits per heavy atom. The van der Waals surface area contributed by atoms with Gasteiger partial charge in [0.2, 0.25) is 11.8 Å². The van der Waals surface area contributed by atoms with E-state index in [2.05, 4.69) is 10.3 Å². The van der Waals surface area contributed by atoms with Gasteiger partial charge in [0.05, 0.1) is 5.56 Å². The summed E-state index contributed by atoms with van der Waals surface area (Å²) in [5.74, 6) is -1.12. The number of pyridine rings is 1. The SMILES string of the molecule is CC(NC(=O)c1ccc(OCc2cccc(F)c2)nc1)C(N)=O. The first-order valence-electron chi connectivity index (χ1n) is 6.89. The zero-order valence-corrected chi connectivity index (χ0v) is 12.5. The standard InChI is InChI=1S/C16H16FN3O3/c1-10(15(18)21)20-16(22)12-5-6-14(19-8-12)23-9-11-3-2-4-13(17)7-11/h2-8,10H,9H2,1H3,(H2,18,21)(H,20,22). The molecule has 1 aromatic carbocycles. The van der Waals surface area contributed by atoms with Crippen LogP contribution in [0.4, 0.5) is 4.39 Å². The van der Waals surface area contributed by atoms with Crippen LogP contribution >= 0.6 is 0 Å². The number of hydrogen-bond donors (Lipinski definition) is 2. The van der Waals surface area contributed by atoms with Gasteiger partial charge in [-0.05, 0) is 30.7 Å². The molecule has 7 heteroatoms. The molecular weight excluding hydrogens is 301 g/mol. The van der Waals surface area contributed by atoms with E-state index in [4.69, 9.17) is 10.5 Å². The molecule has 3 N–H and O–H groups in total. The van der Waals surface area contributed by atoms with Gasteiger partial charge in [0.25, 0.3) is 5.91 Å². The molecule has 2 aromatic rings. The van der Waals surface area contributed by atoms with Crippen molar-refractivity contribution in [1.29, 1.82) is 0 Å². The Hall–Kier alpha value is -2.96. The third kappa shape index (κ3) is 4.77. The number of benzene rings is 1. The van der Waals surface area contributed by atoms with Gasteiger partial charge in [-0.3, -0.25) is 9.59 Å². The van der Waals surface area contributed by atoms with Crippen LogP contribution in [0.2, 0.25) is 0 Å². The average molecular weight is 317 g/mol. The summed E-state index contributed by atoms with van der Waals surface area (Å²) in [4.78, 5) is 26.8. The van der Waals surface area contributed by atoms with Crippen LogP contribution in [0.3, 0.4) is 0 Å². The van der Waals surface area contributed by atoms with Gasteiger partial charge in [0.15, 0.2) is 0 Å². The molecule has 0 aliphatic rings. The maximum atomic E-state index is 13.0. The number of ether oxygens (including phenoxy) is 1. The second-order valence-electron chi connectivity index (χ2n) is 4.90. The normalized spacial score (nSPS) is 11.6. The molecule has 2 amide bonds. The van der Waals surface area contributed by atoms with Crippen molar-refractivity contribution in [2.75, 3.05) is 0 Å². The summed E-state index contributed by atoms with van der Waals surface area (Å²) in [7, 11) is 0. The molecule has 0 aliphatic heterocycles. The van der Waals surface area contributed by atoms with Crippen molar-refractivity contribution in [3.8, 4) is 5.88 Å². The lowest BCUT2D eigenvalue weighted by atomic mass is 10.2. The van der Waals surface area contributed by atoms with E-state index in [1.807, 2.05) is 0 Å². The lowest BCUT2D eigenvalue weighted by molar-refractivity contribution is -0.119. The number of carbonyl (C=O) groups is 2. The van der Waals surface area contributed by atoms with Crippen LogP contribution in [-0.4, -0.2) is 22.8 Å². The van der Waals surface area contributed by atoms with E-state index in [0.717, 1.165) is 0 Å². The fraction of sp³-hybridized carbons (Fsp3) is 0.188. The smallest absolute Gasteiger partial charge is 0.253 e. The van der Waals surface area contributed by atoms with Gasteiger partial charge < -0.3 is 15.8 Å². The molecule has 1 heterocycles. The number of rotatable bonds is 6. The van der Waals surface area contributed by atoms with Crippen LogP contribution in [0.25, 0.3) is 0 Å². The molecule has 0 aliphatic carbocycles. The van der Waals surface area contributed by atoms with E-state index >= 15 is 0 Å². The van der Waals surface area contributed by atoms with E-state index in [9.17, 15) is 14.0 Å². The highest BCUT2D eigenvalue weighted by Gasteiger charge is 2.14. The molecule has 0 bridgehead atoms. The van der Waals surface area contributed by atoms with Crippen molar-refractivity contribution in [2.45, 2.75) is 19.6 Å². The molecule has 2 rings (SSSR count). The molecule has 0 saturated heterocycles. The fourth-order valence-corrected chi connectivity index (χ4v) is 1.74. The molecule has 23 heavy (non-hydrogen) atoms. The largest absolute Gasteiger partial charge is 0.473 e. The number of amides is 2. The molecule has 0 radical (unpaired) electrons. The van der Waals surface area contributed by atoms with Gasteiger partial charge in [-0.15, -0.1) is 0 Å². The van der Waals surface area contributed by atoms with E-state index in [1.54, 1.807) is 12.1 Å². The van der Waals surface area contributed by atoms with E-state index in [0.29, 0.717) is 11.4 Å². The minimum atomic E-state index is -0.772. The topological polar surface area (TPSA) is 94.3 Å². The van der Waals surface area contributed by atoms with Crippen molar-refractivity contribution in [1.82, 2.24) is 10.3 Å². The third-order valence-corrected chi connectivity index (χ3v) is 3.05. The summed E-state index contributed by atoms with van der Waals surface area (Å²) in [6, 6.07) is 8.30. The van der Waals surface area contributed by atoms with Crippen LogP contribution in [-0.2, 0) is 11.4 Å². The van der Waals surface area contributed by atoms with Gasteiger partial charge in [0, 0.05) is 12.3 Å². The highest BCUT2D eigenvalue weighted by molar-refractivity contribution is 5.96. The second kappa shape index (κ2) is 7.35. The van der Waals surface area contributed by atoms with Crippen LogP contribution < -0.4 is 15.8 Å². The summed E-state index contributed by atoms with van der Waals surface area (Å²) in [5.41, 5.74) is 6.02. The Kier molecular flexibility index (Phi) is 5.24. The Balaban J connectivity index is 1.94. The molecule has 120 valence electrons. The number of nitrogens with two attached hydrogens (primary N) is 1. The van der Waals surface area contributed by atoms with Crippen LogP contribution in [0, 0.1) is 5.82 Å². The van der Waals surface area contributed by atoms with E-state index in [-0.39, 0.29) is 18.0 Å². The van der Waals surface area contributed by atoms with E-state index < -0.39 is 17.9 Å². The number of nitrogens with zero attached hydrogens (tertiary/aromatic N) is 1. The molecular formula is C16H16FN3O3. The van der Waals surface area contributed by atoms with Gasteiger partial charge >= 0.3 is 0 Å². The molecule has 0 spiro atoms. The molecule has 6 nitrogen and oxygen atoms in total. The number of primary amides is 1. The zero-order valence-electron chi connectivity index (χ0n) is 12.5. The minimum absolute atomic E-state index is 0.162. The quantitative estimate of drug-likeness (QED) is 0.842. The lowest BCUT2D eigenvalue weighted by Crippen LogP contribution is -2.42. The molecule has 1 atom stereocenters. The van der Waals surface area contributed by atoms with Gasteiger partial charge in [-0.1, -0.05) is 12.1 Å². The Labute approximate surface area is 132 Å². The lowest BCUT2D eigenvalue weighted by Gasteiger charge is -2.10. The third-order valence-electron chi connectivity index (χ3n) is 3.05. The van der Waals surface area contributed by atoms with Crippen LogP contribution in [0.5, 0.6) is 5.88 Å². The maximum Gasteiger partial charge on any atom is 0.253 e. The van der Waals surface area contributed by atoms with Gasteiger partial charge in [-0.2, -0.15) is 0 Å². The monoisotopic (exact) mass is 317 g/mol. The van der Waals surface area contributed by atoms with Gasteiger partial charge in [0.1, 0.15) is 18.5 Å². The Morgan fingerprint density at radius 3 is 2.74 bits per heavy atom. The van der Waals surface area contributed by atoms with Crippen molar-refractivity contribution < 1.29 is 18.7 Å². The zero-order chi connectivity index (χ0) is 16.8.